The van der Waals surface area contributed by atoms with E-state index in [1.165, 1.54) is 108 Å². The van der Waals surface area contributed by atoms with Crippen molar-refractivity contribution >= 4 is 6.08 Å². The Morgan fingerprint density at radius 3 is 1.89 bits per heavy atom. The molecule has 0 radical (unpaired) electrons. The molecular weight excluding hydrogens is 432 g/mol. The molecule has 0 spiro atoms. The lowest BCUT2D eigenvalue weighted by molar-refractivity contribution is 0.293. The first-order valence-electron chi connectivity index (χ1n) is 15.9. The second kappa shape index (κ2) is 15.0. The van der Waals surface area contributed by atoms with Crippen molar-refractivity contribution in [1.82, 2.24) is 0 Å². The number of benzene rings is 1. The van der Waals surface area contributed by atoms with Gasteiger partial charge in [0.25, 0.3) is 0 Å². The molecule has 2 unspecified atom stereocenters. The number of hydrogen-bond acceptors (Lipinski definition) is 0. The highest BCUT2D eigenvalue weighted by Gasteiger charge is 2.22. The summed E-state index contributed by atoms with van der Waals surface area (Å²) in [5.41, 5.74) is 2.94. The van der Waals surface area contributed by atoms with Gasteiger partial charge in [0.2, 0.25) is 0 Å². The van der Waals surface area contributed by atoms with Gasteiger partial charge in [-0.3, -0.25) is 0 Å². The zero-order valence-corrected chi connectivity index (χ0v) is 23.6. The van der Waals surface area contributed by atoms with Gasteiger partial charge in [0, 0.05) is 0 Å². The van der Waals surface area contributed by atoms with Gasteiger partial charge in [-0.05, 0) is 111 Å². The van der Waals surface area contributed by atoms with E-state index in [9.17, 15) is 0 Å². The molecule has 2 fully saturated rings. The van der Waals surface area contributed by atoms with E-state index in [4.69, 9.17) is 0 Å². The molecule has 2 saturated carbocycles. The van der Waals surface area contributed by atoms with Crippen LogP contribution in [0.1, 0.15) is 134 Å². The predicted octanol–water partition coefficient (Wildman–Crippen LogP) is 11.3. The number of unbranched alkanes of at least 4 members (excludes halogenated alkanes) is 2. The fourth-order valence-corrected chi connectivity index (χ4v) is 7.14. The van der Waals surface area contributed by atoms with Gasteiger partial charge in [-0.15, -0.1) is 0 Å². The molecule has 0 heterocycles. The molecular formula is C36H54. The van der Waals surface area contributed by atoms with E-state index >= 15 is 0 Å². The quantitative estimate of drug-likeness (QED) is 0.215. The standard InChI is InChI=1S/C36H54/c1-3-5-6-8-30-21-25-35(26-22-30)36-27-23-34(24-28-36)20-19-33-17-15-32(16-18-33)14-13-31-11-9-29(7-4-2)10-12-31/h13-15,17,19-20,23-24,27-33,35H,3-12,16,18,21-22,25-26H2,1-2H3. The SMILES string of the molecule is CCCCCC1CCC(c2ccc(C=CC3C=CC(C=CC4CCC(CCC)CC4)CC3)cc2)CC1. The van der Waals surface area contributed by atoms with Gasteiger partial charge in [0.15, 0.2) is 0 Å². The summed E-state index contributed by atoms with van der Waals surface area (Å²) in [6.07, 6.45) is 37.3. The highest BCUT2D eigenvalue weighted by atomic mass is 14.3. The van der Waals surface area contributed by atoms with E-state index in [1.54, 1.807) is 5.56 Å². The summed E-state index contributed by atoms with van der Waals surface area (Å²) in [7, 11) is 0. The van der Waals surface area contributed by atoms with Crippen molar-refractivity contribution in [3.8, 4) is 0 Å². The predicted molar refractivity (Wildman–Crippen MR) is 159 cm³/mol. The molecule has 0 saturated heterocycles. The van der Waals surface area contributed by atoms with Gasteiger partial charge >= 0.3 is 0 Å². The maximum absolute atomic E-state index is 2.56. The minimum atomic E-state index is 0.599. The summed E-state index contributed by atoms with van der Waals surface area (Å²) < 4.78 is 0. The third kappa shape index (κ3) is 8.78. The highest BCUT2D eigenvalue weighted by Crippen LogP contribution is 2.38. The number of rotatable bonds is 11. The second-order valence-corrected chi connectivity index (χ2v) is 12.5. The molecule has 0 aromatic heterocycles. The van der Waals surface area contributed by atoms with Gasteiger partial charge in [0.05, 0.1) is 0 Å². The second-order valence-electron chi connectivity index (χ2n) is 12.5. The molecule has 4 rings (SSSR count). The van der Waals surface area contributed by atoms with Gasteiger partial charge < -0.3 is 0 Å². The molecule has 0 amide bonds. The summed E-state index contributed by atoms with van der Waals surface area (Å²) in [6.45, 7) is 4.65. The fourth-order valence-electron chi connectivity index (χ4n) is 7.14. The largest absolute Gasteiger partial charge is 0.0848 e. The normalized spacial score (nSPS) is 31.4. The smallest absolute Gasteiger partial charge is 0.00496 e. The summed E-state index contributed by atoms with van der Waals surface area (Å²) >= 11 is 0. The van der Waals surface area contributed by atoms with Crippen molar-refractivity contribution in [3.05, 3.63) is 65.8 Å². The molecule has 1 aromatic carbocycles. The third-order valence-electron chi connectivity index (χ3n) is 9.66. The topological polar surface area (TPSA) is 0 Å². The molecule has 0 aliphatic heterocycles. The molecule has 0 N–H and O–H groups in total. The van der Waals surface area contributed by atoms with E-state index < -0.39 is 0 Å². The van der Waals surface area contributed by atoms with Crippen LogP contribution in [0.25, 0.3) is 6.08 Å². The minimum Gasteiger partial charge on any atom is -0.0848 e. The number of allylic oxidation sites excluding steroid dienone is 5. The number of hydrogen-bond donors (Lipinski definition) is 0. The van der Waals surface area contributed by atoms with Crippen LogP contribution in [-0.4, -0.2) is 0 Å². The van der Waals surface area contributed by atoms with Crippen LogP contribution in [0.4, 0.5) is 0 Å². The lowest BCUT2D eigenvalue weighted by Crippen LogP contribution is -2.13. The Morgan fingerprint density at radius 1 is 0.611 bits per heavy atom. The Hall–Kier alpha value is -1.56. The van der Waals surface area contributed by atoms with E-state index in [1.807, 2.05) is 0 Å². The van der Waals surface area contributed by atoms with Crippen LogP contribution < -0.4 is 0 Å². The van der Waals surface area contributed by atoms with Gasteiger partial charge in [0.1, 0.15) is 0 Å². The highest BCUT2D eigenvalue weighted by molar-refractivity contribution is 5.50. The monoisotopic (exact) mass is 486 g/mol. The van der Waals surface area contributed by atoms with E-state index in [0.29, 0.717) is 11.8 Å². The van der Waals surface area contributed by atoms with Crippen LogP contribution in [0.2, 0.25) is 0 Å². The maximum Gasteiger partial charge on any atom is -0.00496 e. The van der Waals surface area contributed by atoms with Crippen molar-refractivity contribution in [2.45, 2.75) is 122 Å². The fraction of sp³-hybridized carbons (Fsp3) is 0.667. The first-order chi connectivity index (χ1) is 17.7. The summed E-state index contributed by atoms with van der Waals surface area (Å²) in [5.74, 6) is 4.90. The maximum atomic E-state index is 2.56. The molecule has 3 aliphatic rings. The lowest BCUT2D eigenvalue weighted by Gasteiger charge is -2.29. The summed E-state index contributed by atoms with van der Waals surface area (Å²) in [6, 6.07) is 9.53. The molecule has 198 valence electrons. The average molecular weight is 487 g/mol. The van der Waals surface area contributed by atoms with Crippen molar-refractivity contribution in [2.75, 3.05) is 0 Å². The molecule has 0 bridgehead atoms. The molecule has 2 atom stereocenters. The van der Waals surface area contributed by atoms with Crippen LogP contribution in [0.15, 0.2) is 54.6 Å². The van der Waals surface area contributed by atoms with Crippen molar-refractivity contribution < 1.29 is 0 Å². The molecule has 0 heteroatoms. The zero-order chi connectivity index (χ0) is 25.0. The Morgan fingerprint density at radius 2 is 1.25 bits per heavy atom. The zero-order valence-electron chi connectivity index (χ0n) is 23.6. The van der Waals surface area contributed by atoms with E-state index in [0.717, 1.165) is 23.7 Å². The van der Waals surface area contributed by atoms with Gasteiger partial charge in [-0.25, -0.2) is 0 Å². The molecule has 1 aromatic rings. The minimum absolute atomic E-state index is 0.599. The van der Waals surface area contributed by atoms with Gasteiger partial charge in [-0.2, -0.15) is 0 Å². The summed E-state index contributed by atoms with van der Waals surface area (Å²) in [5, 5.41) is 0. The summed E-state index contributed by atoms with van der Waals surface area (Å²) in [4.78, 5) is 0. The van der Waals surface area contributed by atoms with E-state index in [2.05, 4.69) is 74.6 Å². The first-order valence-corrected chi connectivity index (χ1v) is 15.9. The molecule has 0 nitrogen and oxygen atoms in total. The van der Waals surface area contributed by atoms with E-state index in [-0.39, 0.29) is 0 Å². The van der Waals surface area contributed by atoms with Crippen LogP contribution >= 0.6 is 0 Å². The molecule has 36 heavy (non-hydrogen) atoms. The molecule has 3 aliphatic carbocycles. The van der Waals surface area contributed by atoms with Crippen LogP contribution in [0.3, 0.4) is 0 Å². The van der Waals surface area contributed by atoms with Crippen molar-refractivity contribution in [3.63, 3.8) is 0 Å². The van der Waals surface area contributed by atoms with Crippen molar-refractivity contribution in [1.29, 1.82) is 0 Å². The van der Waals surface area contributed by atoms with Gasteiger partial charge in [-0.1, -0.05) is 113 Å². The average Bonchev–Trinajstić information content (AvgIpc) is 2.93. The van der Waals surface area contributed by atoms with Crippen molar-refractivity contribution in [2.24, 2.45) is 29.6 Å². The van der Waals surface area contributed by atoms with Crippen LogP contribution in [0, 0.1) is 29.6 Å². The first kappa shape index (κ1) is 27.5. The Bertz CT molecular complexity index is 808. The van der Waals surface area contributed by atoms with Crippen LogP contribution in [0.5, 0.6) is 0 Å². The van der Waals surface area contributed by atoms with Crippen LogP contribution in [-0.2, 0) is 0 Å². The Kier molecular flexibility index (Phi) is 11.4. The Labute approximate surface area is 223 Å². The Balaban J connectivity index is 1.17. The third-order valence-corrected chi connectivity index (χ3v) is 9.66. The lowest BCUT2D eigenvalue weighted by atomic mass is 9.77.